The number of likely N-dealkylation sites (tertiary alicyclic amines) is 1. The molecule has 31 heavy (non-hydrogen) atoms. The molecule has 0 saturated carbocycles. The van der Waals surface area contributed by atoms with Crippen molar-refractivity contribution in [3.63, 3.8) is 0 Å². The molecule has 0 radical (unpaired) electrons. The molecule has 1 saturated heterocycles. The lowest BCUT2D eigenvalue weighted by atomic mass is 9.88. The van der Waals surface area contributed by atoms with Crippen molar-refractivity contribution < 1.29 is 4.79 Å². The highest BCUT2D eigenvalue weighted by molar-refractivity contribution is 5.93. The first kappa shape index (κ1) is 22.8. The molecule has 1 aromatic carbocycles. The Morgan fingerprint density at radius 1 is 1.29 bits per heavy atom. The zero-order valence-corrected chi connectivity index (χ0v) is 18.6. The number of aromatic nitrogens is 2. The van der Waals surface area contributed by atoms with Crippen LogP contribution in [0.4, 0.5) is 5.82 Å². The molecule has 1 unspecified atom stereocenters. The van der Waals surface area contributed by atoms with Gasteiger partial charge in [-0.25, -0.2) is 5.10 Å². The molecule has 8 nitrogen and oxygen atoms in total. The zero-order chi connectivity index (χ0) is 22.4. The topological polar surface area (TPSA) is 114 Å². The van der Waals surface area contributed by atoms with Crippen LogP contribution in [0.25, 0.3) is 10.8 Å². The molecule has 1 fully saturated rings. The van der Waals surface area contributed by atoms with Gasteiger partial charge in [-0.2, -0.15) is 10.4 Å². The van der Waals surface area contributed by atoms with Gasteiger partial charge in [0.05, 0.1) is 11.5 Å². The molecule has 1 aromatic heterocycles. The summed E-state index contributed by atoms with van der Waals surface area (Å²) in [5.74, 6) is 0.498. The Labute approximate surface area is 183 Å². The van der Waals surface area contributed by atoms with Crippen LogP contribution in [0.3, 0.4) is 0 Å². The van der Waals surface area contributed by atoms with Crippen molar-refractivity contribution in [2.45, 2.75) is 58.0 Å². The molecule has 0 aliphatic carbocycles. The maximum atomic E-state index is 13.3. The van der Waals surface area contributed by atoms with E-state index < -0.39 is 11.6 Å². The third kappa shape index (κ3) is 5.42. The first-order valence-electron chi connectivity index (χ1n) is 11.1. The largest absolute Gasteiger partial charge is 0.356 e. The summed E-state index contributed by atoms with van der Waals surface area (Å²) in [4.78, 5) is 27.7. The van der Waals surface area contributed by atoms with Crippen LogP contribution in [0.15, 0.2) is 29.1 Å². The van der Waals surface area contributed by atoms with Crippen molar-refractivity contribution in [1.29, 1.82) is 5.26 Å². The summed E-state index contributed by atoms with van der Waals surface area (Å²) in [5.41, 5.74) is -1.12. The number of aromatic amines is 1. The van der Waals surface area contributed by atoms with E-state index in [1.165, 1.54) is 0 Å². The Hall–Kier alpha value is -2.92. The number of benzene rings is 1. The van der Waals surface area contributed by atoms with E-state index >= 15 is 0 Å². The molecule has 2 heterocycles. The highest BCUT2D eigenvalue weighted by atomic mass is 16.2. The predicted molar refractivity (Wildman–Crippen MR) is 122 cm³/mol. The third-order valence-electron chi connectivity index (χ3n) is 5.86. The second kappa shape index (κ2) is 9.92. The van der Waals surface area contributed by atoms with E-state index in [2.05, 4.69) is 38.7 Å². The zero-order valence-electron chi connectivity index (χ0n) is 18.6. The van der Waals surface area contributed by atoms with Crippen LogP contribution in [-0.4, -0.2) is 52.2 Å². The minimum Gasteiger partial charge on any atom is -0.356 e. The normalized spacial score (nSPS) is 17.3. The van der Waals surface area contributed by atoms with Gasteiger partial charge in [-0.1, -0.05) is 39.0 Å². The van der Waals surface area contributed by atoms with E-state index in [1.54, 1.807) is 12.1 Å². The SMILES string of the molecule is CCCN1CCC(C#N)(NC(=O)C(CC(C)C)Nc2n[nH]c(=O)c3ccccc23)CC1. The van der Waals surface area contributed by atoms with Gasteiger partial charge in [-0.05, 0) is 44.2 Å². The number of carbonyl (C=O) groups excluding carboxylic acids is 1. The van der Waals surface area contributed by atoms with Gasteiger partial charge in [-0.15, -0.1) is 0 Å². The molecule has 1 amide bonds. The highest BCUT2D eigenvalue weighted by Gasteiger charge is 2.37. The Kier molecular flexibility index (Phi) is 7.29. The summed E-state index contributed by atoms with van der Waals surface area (Å²) >= 11 is 0. The predicted octanol–water partition coefficient (Wildman–Crippen LogP) is 2.63. The third-order valence-corrected chi connectivity index (χ3v) is 5.86. The van der Waals surface area contributed by atoms with Crippen LogP contribution in [-0.2, 0) is 4.79 Å². The first-order valence-corrected chi connectivity index (χ1v) is 11.1. The second-order valence-electron chi connectivity index (χ2n) is 8.80. The number of anilines is 1. The minimum atomic E-state index is -0.848. The number of rotatable bonds is 8. The Morgan fingerprint density at radius 2 is 1.97 bits per heavy atom. The Bertz CT molecular complexity index is 1000. The van der Waals surface area contributed by atoms with E-state index in [0.717, 1.165) is 26.1 Å². The summed E-state index contributed by atoms with van der Waals surface area (Å²) in [6.45, 7) is 8.85. The molecule has 2 aromatic rings. The lowest BCUT2D eigenvalue weighted by Gasteiger charge is -2.38. The van der Waals surface area contributed by atoms with E-state index in [4.69, 9.17) is 0 Å². The lowest BCUT2D eigenvalue weighted by Crippen LogP contribution is -2.57. The van der Waals surface area contributed by atoms with Gasteiger partial charge in [0.1, 0.15) is 11.6 Å². The van der Waals surface area contributed by atoms with Crippen LogP contribution >= 0.6 is 0 Å². The van der Waals surface area contributed by atoms with Crippen molar-refractivity contribution in [3.8, 4) is 6.07 Å². The molecule has 0 bridgehead atoms. The van der Waals surface area contributed by atoms with Gasteiger partial charge in [0.15, 0.2) is 5.82 Å². The summed E-state index contributed by atoms with van der Waals surface area (Å²) in [6, 6.07) is 8.97. The quantitative estimate of drug-likeness (QED) is 0.600. The van der Waals surface area contributed by atoms with Crippen molar-refractivity contribution in [2.24, 2.45) is 5.92 Å². The highest BCUT2D eigenvalue weighted by Crippen LogP contribution is 2.24. The number of amides is 1. The molecule has 1 atom stereocenters. The summed E-state index contributed by atoms with van der Waals surface area (Å²) in [6.07, 6.45) is 2.88. The molecule has 3 N–H and O–H groups in total. The number of nitrogens with one attached hydrogen (secondary N) is 3. The van der Waals surface area contributed by atoms with Crippen molar-refractivity contribution >= 4 is 22.5 Å². The number of carbonyl (C=O) groups is 1. The smallest absolute Gasteiger partial charge is 0.272 e. The fourth-order valence-electron chi connectivity index (χ4n) is 4.16. The van der Waals surface area contributed by atoms with Gasteiger partial charge in [-0.3, -0.25) is 9.59 Å². The van der Waals surface area contributed by atoms with E-state index in [-0.39, 0.29) is 17.4 Å². The number of hydrogen-bond donors (Lipinski definition) is 3. The lowest BCUT2D eigenvalue weighted by molar-refractivity contribution is -0.124. The molecule has 0 spiro atoms. The average molecular weight is 425 g/mol. The maximum Gasteiger partial charge on any atom is 0.272 e. The molecule has 3 rings (SSSR count). The fourth-order valence-corrected chi connectivity index (χ4v) is 4.16. The first-order chi connectivity index (χ1) is 14.9. The minimum absolute atomic E-state index is 0.212. The Balaban J connectivity index is 1.80. The van der Waals surface area contributed by atoms with Crippen LogP contribution in [0, 0.1) is 17.2 Å². The number of fused-ring (bicyclic) bond motifs is 1. The summed E-state index contributed by atoms with van der Waals surface area (Å²) in [7, 11) is 0. The van der Waals surface area contributed by atoms with Crippen molar-refractivity contribution in [2.75, 3.05) is 25.0 Å². The maximum absolute atomic E-state index is 13.3. The average Bonchev–Trinajstić information content (AvgIpc) is 2.76. The van der Waals surface area contributed by atoms with Gasteiger partial charge in [0, 0.05) is 18.5 Å². The van der Waals surface area contributed by atoms with Crippen LogP contribution in [0.5, 0.6) is 0 Å². The summed E-state index contributed by atoms with van der Waals surface area (Å²) in [5, 5.41) is 24.0. The molecule has 8 heteroatoms. The number of piperidine rings is 1. The van der Waals surface area contributed by atoms with E-state index in [0.29, 0.717) is 35.9 Å². The molecular formula is C23H32N6O2. The van der Waals surface area contributed by atoms with Crippen molar-refractivity contribution in [1.82, 2.24) is 20.4 Å². The molecular weight excluding hydrogens is 392 g/mol. The number of nitriles is 1. The van der Waals surface area contributed by atoms with Crippen LogP contribution < -0.4 is 16.2 Å². The molecule has 1 aliphatic heterocycles. The Morgan fingerprint density at radius 3 is 2.58 bits per heavy atom. The number of nitrogens with zero attached hydrogens (tertiary/aromatic N) is 3. The number of H-pyrrole nitrogens is 1. The van der Waals surface area contributed by atoms with Gasteiger partial charge in [0.2, 0.25) is 5.91 Å². The fraction of sp³-hybridized carbons (Fsp3) is 0.565. The monoisotopic (exact) mass is 424 g/mol. The van der Waals surface area contributed by atoms with Crippen LogP contribution in [0.2, 0.25) is 0 Å². The van der Waals surface area contributed by atoms with Crippen LogP contribution in [0.1, 0.15) is 46.5 Å². The second-order valence-corrected chi connectivity index (χ2v) is 8.80. The molecule has 166 valence electrons. The summed E-state index contributed by atoms with van der Waals surface area (Å²) < 4.78 is 0. The van der Waals surface area contributed by atoms with E-state index in [9.17, 15) is 14.9 Å². The van der Waals surface area contributed by atoms with E-state index in [1.807, 2.05) is 26.0 Å². The molecule has 1 aliphatic rings. The van der Waals surface area contributed by atoms with Gasteiger partial charge >= 0.3 is 0 Å². The van der Waals surface area contributed by atoms with Gasteiger partial charge < -0.3 is 15.5 Å². The van der Waals surface area contributed by atoms with Gasteiger partial charge in [0.25, 0.3) is 5.56 Å². The number of hydrogen-bond acceptors (Lipinski definition) is 6. The standard InChI is InChI=1S/C23H32N6O2/c1-4-11-29-12-9-23(15-24,10-13-29)26-22(31)19(14-16(2)3)25-20-17-7-5-6-8-18(17)21(30)28-27-20/h5-8,16,19H,4,9-14H2,1-3H3,(H,25,27)(H,26,31)(H,28,30). The van der Waals surface area contributed by atoms with Crippen molar-refractivity contribution in [3.05, 3.63) is 34.6 Å².